The smallest absolute Gasteiger partial charge is 0.162 e. The first-order valence-corrected chi connectivity index (χ1v) is 8.64. The SMILES string of the molecule is CC(C)(C)Nc1ccc2c(n1)[C@@H](O)CC[C@@H](c1cccc(F)c1F)C2. The molecule has 1 heterocycles. The number of rotatable bonds is 2. The normalized spacial score (nSPS) is 20.7. The minimum absolute atomic E-state index is 0.135. The van der Waals surface area contributed by atoms with Crippen molar-refractivity contribution in [3.05, 3.63) is 58.8 Å². The van der Waals surface area contributed by atoms with Crippen LogP contribution in [0.2, 0.25) is 0 Å². The second-order valence-electron chi connectivity index (χ2n) is 7.75. The molecule has 2 aromatic rings. The van der Waals surface area contributed by atoms with Crippen molar-refractivity contribution < 1.29 is 13.9 Å². The number of pyridine rings is 1. The summed E-state index contributed by atoms with van der Waals surface area (Å²) in [6.45, 7) is 6.12. The summed E-state index contributed by atoms with van der Waals surface area (Å²) in [6.07, 6.45) is 0.896. The van der Waals surface area contributed by atoms with Gasteiger partial charge in [-0.15, -0.1) is 0 Å². The Morgan fingerprint density at radius 2 is 1.88 bits per heavy atom. The van der Waals surface area contributed by atoms with Crippen molar-refractivity contribution in [2.75, 3.05) is 5.32 Å². The molecule has 0 radical (unpaired) electrons. The molecule has 1 aromatic heterocycles. The molecule has 0 bridgehead atoms. The number of hydrogen-bond acceptors (Lipinski definition) is 3. The van der Waals surface area contributed by atoms with Gasteiger partial charge in [0.2, 0.25) is 0 Å². The van der Waals surface area contributed by atoms with Gasteiger partial charge in [-0.1, -0.05) is 18.2 Å². The van der Waals surface area contributed by atoms with E-state index in [0.29, 0.717) is 36.3 Å². The number of fused-ring (bicyclic) bond motifs is 1. The molecule has 0 aliphatic heterocycles. The fourth-order valence-electron chi connectivity index (χ4n) is 3.38. The fourth-order valence-corrected chi connectivity index (χ4v) is 3.38. The van der Waals surface area contributed by atoms with Crippen LogP contribution in [0.1, 0.15) is 62.5 Å². The molecular formula is C20H24F2N2O. The average Bonchev–Trinajstić information content (AvgIpc) is 2.68. The lowest BCUT2D eigenvalue weighted by Gasteiger charge is -2.22. The maximum Gasteiger partial charge on any atom is 0.162 e. The van der Waals surface area contributed by atoms with Crippen LogP contribution >= 0.6 is 0 Å². The van der Waals surface area contributed by atoms with Gasteiger partial charge in [0.25, 0.3) is 0 Å². The number of aromatic nitrogens is 1. The van der Waals surface area contributed by atoms with Crippen LogP contribution in [0.25, 0.3) is 0 Å². The second-order valence-corrected chi connectivity index (χ2v) is 7.75. The second kappa shape index (κ2) is 6.71. The molecule has 0 fully saturated rings. The van der Waals surface area contributed by atoms with Crippen LogP contribution in [-0.2, 0) is 6.42 Å². The Balaban J connectivity index is 1.93. The Labute approximate surface area is 147 Å². The van der Waals surface area contributed by atoms with Gasteiger partial charge in [-0.3, -0.25) is 0 Å². The third-order valence-electron chi connectivity index (χ3n) is 4.51. The van der Waals surface area contributed by atoms with E-state index in [1.807, 2.05) is 32.9 Å². The number of aliphatic hydroxyl groups excluding tert-OH is 1. The predicted molar refractivity (Wildman–Crippen MR) is 94.6 cm³/mol. The van der Waals surface area contributed by atoms with Crippen LogP contribution < -0.4 is 5.32 Å². The summed E-state index contributed by atoms with van der Waals surface area (Å²) in [4.78, 5) is 4.58. The van der Waals surface area contributed by atoms with Crippen LogP contribution in [0, 0.1) is 11.6 Å². The maximum absolute atomic E-state index is 14.2. The van der Waals surface area contributed by atoms with Gasteiger partial charge in [0.1, 0.15) is 5.82 Å². The van der Waals surface area contributed by atoms with Gasteiger partial charge in [0.15, 0.2) is 11.6 Å². The highest BCUT2D eigenvalue weighted by Gasteiger charge is 2.27. The van der Waals surface area contributed by atoms with Crippen molar-refractivity contribution in [1.29, 1.82) is 0 Å². The molecule has 3 rings (SSSR count). The lowest BCUT2D eigenvalue weighted by Crippen LogP contribution is -2.27. The highest BCUT2D eigenvalue weighted by molar-refractivity contribution is 5.42. The zero-order valence-corrected chi connectivity index (χ0v) is 14.8. The monoisotopic (exact) mass is 346 g/mol. The fraction of sp³-hybridized carbons (Fsp3) is 0.450. The van der Waals surface area contributed by atoms with Gasteiger partial charge < -0.3 is 10.4 Å². The van der Waals surface area contributed by atoms with Crippen LogP contribution in [0.4, 0.5) is 14.6 Å². The van der Waals surface area contributed by atoms with Crippen molar-refractivity contribution in [2.45, 2.75) is 57.6 Å². The summed E-state index contributed by atoms with van der Waals surface area (Å²) in [7, 11) is 0. The van der Waals surface area contributed by atoms with Gasteiger partial charge in [0, 0.05) is 5.54 Å². The summed E-state index contributed by atoms with van der Waals surface area (Å²) in [6, 6.07) is 8.09. The van der Waals surface area contributed by atoms with Gasteiger partial charge >= 0.3 is 0 Å². The minimum Gasteiger partial charge on any atom is -0.387 e. The molecule has 3 nitrogen and oxygen atoms in total. The Bertz CT molecular complexity index is 771. The molecule has 5 heteroatoms. The third-order valence-corrected chi connectivity index (χ3v) is 4.51. The number of nitrogens with one attached hydrogen (secondary N) is 1. The van der Waals surface area contributed by atoms with E-state index < -0.39 is 17.7 Å². The third kappa shape index (κ3) is 3.98. The molecule has 2 N–H and O–H groups in total. The molecule has 0 amide bonds. The number of nitrogens with zero attached hydrogens (tertiary/aromatic N) is 1. The Kier molecular flexibility index (Phi) is 4.78. The summed E-state index contributed by atoms with van der Waals surface area (Å²) >= 11 is 0. The van der Waals surface area contributed by atoms with E-state index in [9.17, 15) is 13.9 Å². The first-order valence-electron chi connectivity index (χ1n) is 8.64. The van der Waals surface area contributed by atoms with Crippen molar-refractivity contribution in [2.24, 2.45) is 0 Å². The first kappa shape index (κ1) is 17.8. The van der Waals surface area contributed by atoms with E-state index in [-0.39, 0.29) is 11.5 Å². The van der Waals surface area contributed by atoms with Crippen molar-refractivity contribution in [1.82, 2.24) is 4.98 Å². The van der Waals surface area contributed by atoms with Gasteiger partial charge in [-0.25, -0.2) is 13.8 Å². The lowest BCUT2D eigenvalue weighted by atomic mass is 9.90. The Morgan fingerprint density at radius 1 is 1.12 bits per heavy atom. The van der Waals surface area contributed by atoms with E-state index in [0.717, 1.165) is 11.6 Å². The molecular weight excluding hydrogens is 322 g/mol. The molecule has 1 aromatic carbocycles. The van der Waals surface area contributed by atoms with E-state index in [1.54, 1.807) is 6.07 Å². The van der Waals surface area contributed by atoms with Crippen LogP contribution in [-0.4, -0.2) is 15.6 Å². The van der Waals surface area contributed by atoms with Crippen molar-refractivity contribution in [3.63, 3.8) is 0 Å². The molecule has 1 aliphatic carbocycles. The van der Waals surface area contributed by atoms with Crippen LogP contribution in [0.15, 0.2) is 30.3 Å². The van der Waals surface area contributed by atoms with E-state index >= 15 is 0 Å². The van der Waals surface area contributed by atoms with Gasteiger partial charge in [-0.05, 0) is 69.2 Å². The number of hydrogen-bond donors (Lipinski definition) is 2. The summed E-state index contributed by atoms with van der Waals surface area (Å²) < 4.78 is 27.8. The highest BCUT2D eigenvalue weighted by Crippen LogP contribution is 2.37. The molecule has 0 unspecified atom stereocenters. The zero-order valence-electron chi connectivity index (χ0n) is 14.8. The van der Waals surface area contributed by atoms with E-state index in [2.05, 4.69) is 10.3 Å². The van der Waals surface area contributed by atoms with Crippen LogP contribution in [0.3, 0.4) is 0 Å². The minimum atomic E-state index is -0.828. The Hall–Kier alpha value is -2.01. The number of benzene rings is 1. The molecule has 0 saturated heterocycles. The molecule has 134 valence electrons. The zero-order chi connectivity index (χ0) is 18.2. The molecule has 0 saturated carbocycles. The van der Waals surface area contributed by atoms with Crippen LogP contribution in [0.5, 0.6) is 0 Å². The average molecular weight is 346 g/mol. The predicted octanol–water partition coefficient (Wildman–Crippen LogP) is 4.72. The maximum atomic E-state index is 14.2. The van der Waals surface area contributed by atoms with Crippen molar-refractivity contribution in [3.8, 4) is 0 Å². The number of halogens is 2. The summed E-state index contributed by atoms with van der Waals surface area (Å²) in [5.41, 5.74) is 1.76. The first-order chi connectivity index (χ1) is 11.7. The molecule has 2 atom stereocenters. The number of aliphatic hydroxyl groups is 1. The standard InChI is InChI=1S/C20H24F2N2O/c1-20(2,3)24-17-10-8-13-11-12(7-9-16(25)19(13)23-17)14-5-4-6-15(21)18(14)22/h4-6,8,10,12,16,25H,7,9,11H2,1-3H3,(H,23,24)/t12-,16+/m1/s1. The topological polar surface area (TPSA) is 45.2 Å². The number of anilines is 1. The van der Waals surface area contributed by atoms with E-state index in [4.69, 9.17) is 0 Å². The lowest BCUT2D eigenvalue weighted by molar-refractivity contribution is 0.160. The molecule has 1 aliphatic rings. The Morgan fingerprint density at radius 3 is 2.60 bits per heavy atom. The highest BCUT2D eigenvalue weighted by atomic mass is 19.2. The summed E-state index contributed by atoms with van der Waals surface area (Å²) in [5, 5.41) is 13.8. The molecule has 0 spiro atoms. The molecule has 25 heavy (non-hydrogen) atoms. The van der Waals surface area contributed by atoms with Gasteiger partial charge in [0.05, 0.1) is 11.8 Å². The summed E-state index contributed by atoms with van der Waals surface area (Å²) in [5.74, 6) is -1.08. The largest absolute Gasteiger partial charge is 0.387 e. The quantitative estimate of drug-likeness (QED) is 0.773. The van der Waals surface area contributed by atoms with Gasteiger partial charge in [-0.2, -0.15) is 0 Å². The van der Waals surface area contributed by atoms with Crippen molar-refractivity contribution >= 4 is 5.82 Å². The van der Waals surface area contributed by atoms with E-state index in [1.165, 1.54) is 6.07 Å².